The molecule has 0 aliphatic rings. The van der Waals surface area contributed by atoms with Crippen LogP contribution in [0.4, 0.5) is 11.8 Å². The molecule has 0 saturated carbocycles. The Labute approximate surface area is 168 Å². The Morgan fingerprint density at radius 3 is 2.43 bits per heavy atom. The van der Waals surface area contributed by atoms with Crippen LogP contribution < -0.4 is 10.6 Å². The highest BCUT2D eigenvalue weighted by atomic mass is 35.5. The molecule has 4 aromatic rings. The second kappa shape index (κ2) is 8.59. The molecular formula is C22H19ClN4O. The van der Waals surface area contributed by atoms with Crippen LogP contribution in [-0.2, 0) is 13.1 Å². The minimum Gasteiger partial charge on any atom is -0.467 e. The van der Waals surface area contributed by atoms with Crippen LogP contribution in [0.5, 0.6) is 0 Å². The Bertz CT molecular complexity index is 1040. The van der Waals surface area contributed by atoms with Crippen LogP contribution >= 0.6 is 11.6 Å². The summed E-state index contributed by atoms with van der Waals surface area (Å²) in [6, 6.07) is 23.5. The number of furan rings is 1. The van der Waals surface area contributed by atoms with Crippen LogP contribution in [0.2, 0.25) is 5.02 Å². The highest BCUT2D eigenvalue weighted by molar-refractivity contribution is 6.31. The Morgan fingerprint density at radius 2 is 1.64 bits per heavy atom. The van der Waals surface area contributed by atoms with E-state index in [0.29, 0.717) is 19.0 Å². The maximum absolute atomic E-state index is 6.26. The summed E-state index contributed by atoms with van der Waals surface area (Å²) >= 11 is 6.26. The monoisotopic (exact) mass is 390 g/mol. The number of nitrogens with zero attached hydrogens (tertiary/aromatic N) is 2. The van der Waals surface area contributed by atoms with Gasteiger partial charge in [0.1, 0.15) is 11.6 Å². The molecule has 2 heterocycles. The molecule has 6 heteroatoms. The fraction of sp³-hybridized carbons (Fsp3) is 0.0909. The summed E-state index contributed by atoms with van der Waals surface area (Å²) in [5.74, 6) is 2.06. The van der Waals surface area contributed by atoms with Crippen LogP contribution in [0.15, 0.2) is 83.5 Å². The lowest BCUT2D eigenvalue weighted by molar-refractivity contribution is 0.517. The van der Waals surface area contributed by atoms with E-state index in [-0.39, 0.29) is 0 Å². The SMILES string of the molecule is Clc1ccccc1CNc1cc(-c2ccccc2)nc(NCc2ccco2)n1. The molecule has 4 rings (SSSR count). The summed E-state index contributed by atoms with van der Waals surface area (Å²) in [6.07, 6.45) is 1.65. The van der Waals surface area contributed by atoms with Gasteiger partial charge in [0.15, 0.2) is 0 Å². The zero-order chi connectivity index (χ0) is 19.2. The molecule has 28 heavy (non-hydrogen) atoms. The van der Waals surface area contributed by atoms with Crippen molar-refractivity contribution in [2.24, 2.45) is 0 Å². The third-order valence-corrected chi connectivity index (χ3v) is 4.58. The molecule has 0 aliphatic heterocycles. The fourth-order valence-electron chi connectivity index (χ4n) is 2.78. The molecule has 0 unspecified atom stereocenters. The van der Waals surface area contributed by atoms with Gasteiger partial charge in [-0.1, -0.05) is 60.1 Å². The molecule has 2 aromatic heterocycles. The number of nitrogens with one attached hydrogen (secondary N) is 2. The zero-order valence-corrected chi connectivity index (χ0v) is 15.9. The van der Waals surface area contributed by atoms with Crippen LogP contribution in [0.3, 0.4) is 0 Å². The van der Waals surface area contributed by atoms with Gasteiger partial charge in [-0.05, 0) is 23.8 Å². The average Bonchev–Trinajstić information content (AvgIpc) is 3.26. The Hall–Kier alpha value is -3.31. The first-order valence-corrected chi connectivity index (χ1v) is 9.34. The van der Waals surface area contributed by atoms with Crippen molar-refractivity contribution in [3.8, 4) is 11.3 Å². The smallest absolute Gasteiger partial charge is 0.225 e. The van der Waals surface area contributed by atoms with E-state index in [9.17, 15) is 0 Å². The standard InChI is InChI=1S/C22H19ClN4O/c23-19-11-5-4-9-17(19)14-24-21-13-20(16-7-2-1-3-8-16)26-22(27-21)25-15-18-10-6-12-28-18/h1-13H,14-15H2,(H2,24,25,26,27). The molecule has 0 amide bonds. The van der Waals surface area contributed by atoms with Crippen molar-refractivity contribution in [1.29, 1.82) is 0 Å². The molecule has 0 spiro atoms. The Kier molecular flexibility index (Phi) is 5.54. The first kappa shape index (κ1) is 18.1. The second-order valence-electron chi connectivity index (χ2n) is 6.21. The van der Waals surface area contributed by atoms with Gasteiger partial charge in [0, 0.05) is 23.2 Å². The maximum atomic E-state index is 6.26. The van der Waals surface area contributed by atoms with Crippen LogP contribution in [0.25, 0.3) is 11.3 Å². The molecule has 0 bridgehead atoms. The first-order valence-electron chi connectivity index (χ1n) is 8.96. The number of hydrogen-bond donors (Lipinski definition) is 2. The maximum Gasteiger partial charge on any atom is 0.225 e. The van der Waals surface area contributed by atoms with Crippen molar-refractivity contribution in [3.63, 3.8) is 0 Å². The highest BCUT2D eigenvalue weighted by Gasteiger charge is 2.08. The van der Waals surface area contributed by atoms with Gasteiger partial charge in [0.2, 0.25) is 5.95 Å². The van der Waals surface area contributed by atoms with Gasteiger partial charge in [-0.2, -0.15) is 4.98 Å². The third kappa shape index (κ3) is 4.50. The normalized spacial score (nSPS) is 10.6. The fourth-order valence-corrected chi connectivity index (χ4v) is 2.98. The molecular weight excluding hydrogens is 372 g/mol. The average molecular weight is 391 g/mol. The van der Waals surface area contributed by atoms with E-state index in [1.807, 2.05) is 72.8 Å². The number of anilines is 2. The largest absolute Gasteiger partial charge is 0.467 e. The topological polar surface area (TPSA) is 63.0 Å². The summed E-state index contributed by atoms with van der Waals surface area (Å²) in [4.78, 5) is 9.23. The van der Waals surface area contributed by atoms with Crippen molar-refractivity contribution in [1.82, 2.24) is 9.97 Å². The molecule has 0 radical (unpaired) electrons. The molecule has 0 aliphatic carbocycles. The second-order valence-corrected chi connectivity index (χ2v) is 6.61. The van der Waals surface area contributed by atoms with Crippen LogP contribution in [0, 0.1) is 0 Å². The molecule has 0 fully saturated rings. The minimum atomic E-state index is 0.509. The van der Waals surface area contributed by atoms with Gasteiger partial charge >= 0.3 is 0 Å². The third-order valence-electron chi connectivity index (χ3n) is 4.21. The first-order chi connectivity index (χ1) is 13.8. The Balaban J connectivity index is 1.58. The van der Waals surface area contributed by atoms with Crippen molar-refractivity contribution in [3.05, 3.63) is 95.4 Å². The lowest BCUT2D eigenvalue weighted by Gasteiger charge is -2.12. The van der Waals surface area contributed by atoms with Gasteiger partial charge in [-0.3, -0.25) is 0 Å². The lowest BCUT2D eigenvalue weighted by Crippen LogP contribution is -2.08. The van der Waals surface area contributed by atoms with Gasteiger partial charge in [-0.15, -0.1) is 0 Å². The molecule has 2 N–H and O–H groups in total. The molecule has 2 aromatic carbocycles. The van der Waals surface area contributed by atoms with Gasteiger partial charge in [0.25, 0.3) is 0 Å². The van der Waals surface area contributed by atoms with E-state index in [1.54, 1.807) is 6.26 Å². The van der Waals surface area contributed by atoms with E-state index in [0.717, 1.165) is 33.4 Å². The minimum absolute atomic E-state index is 0.509. The lowest BCUT2D eigenvalue weighted by atomic mass is 10.1. The van der Waals surface area contributed by atoms with Gasteiger partial charge < -0.3 is 15.1 Å². The van der Waals surface area contributed by atoms with Crippen molar-refractivity contribution >= 4 is 23.4 Å². The van der Waals surface area contributed by atoms with E-state index in [4.69, 9.17) is 16.0 Å². The zero-order valence-electron chi connectivity index (χ0n) is 15.1. The van der Waals surface area contributed by atoms with Crippen molar-refractivity contribution < 1.29 is 4.42 Å². The van der Waals surface area contributed by atoms with E-state index in [2.05, 4.69) is 20.6 Å². The number of aromatic nitrogens is 2. The van der Waals surface area contributed by atoms with Crippen LogP contribution in [0.1, 0.15) is 11.3 Å². The number of hydrogen-bond acceptors (Lipinski definition) is 5. The van der Waals surface area contributed by atoms with Gasteiger partial charge in [-0.25, -0.2) is 4.98 Å². The quantitative estimate of drug-likeness (QED) is 0.429. The van der Waals surface area contributed by atoms with Crippen molar-refractivity contribution in [2.75, 3.05) is 10.6 Å². The summed E-state index contributed by atoms with van der Waals surface area (Å²) in [5, 5.41) is 7.30. The number of benzene rings is 2. The predicted octanol–water partition coefficient (Wildman–Crippen LogP) is 5.61. The Morgan fingerprint density at radius 1 is 0.821 bits per heavy atom. The van der Waals surface area contributed by atoms with E-state index in [1.165, 1.54) is 0 Å². The highest BCUT2D eigenvalue weighted by Crippen LogP contribution is 2.23. The molecule has 140 valence electrons. The van der Waals surface area contributed by atoms with E-state index < -0.39 is 0 Å². The number of halogens is 1. The summed E-state index contributed by atoms with van der Waals surface area (Å²) in [6.45, 7) is 1.08. The summed E-state index contributed by atoms with van der Waals surface area (Å²) in [5.41, 5.74) is 2.86. The summed E-state index contributed by atoms with van der Waals surface area (Å²) < 4.78 is 5.37. The van der Waals surface area contributed by atoms with Gasteiger partial charge in [0.05, 0.1) is 18.5 Å². The molecule has 0 atom stereocenters. The molecule has 5 nitrogen and oxygen atoms in total. The van der Waals surface area contributed by atoms with Crippen LogP contribution in [-0.4, -0.2) is 9.97 Å². The predicted molar refractivity (Wildman–Crippen MR) is 112 cm³/mol. The summed E-state index contributed by atoms with van der Waals surface area (Å²) in [7, 11) is 0. The number of rotatable bonds is 7. The molecule has 0 saturated heterocycles. The van der Waals surface area contributed by atoms with E-state index >= 15 is 0 Å². The van der Waals surface area contributed by atoms with Crippen molar-refractivity contribution in [2.45, 2.75) is 13.1 Å².